The molecule has 8 nitrogen and oxygen atoms in total. The van der Waals surface area contributed by atoms with Crippen molar-refractivity contribution >= 4 is 23.3 Å². The van der Waals surface area contributed by atoms with Gasteiger partial charge in [0.25, 0.3) is 11.8 Å². The summed E-state index contributed by atoms with van der Waals surface area (Å²) < 4.78 is 5.77. The molecular weight excluding hydrogens is 372 g/mol. The van der Waals surface area contributed by atoms with Gasteiger partial charge in [0.2, 0.25) is 0 Å². The summed E-state index contributed by atoms with van der Waals surface area (Å²) in [5.41, 5.74) is 1.65. The minimum Gasteiger partial charge on any atom is -0.477 e. The Morgan fingerprint density at radius 1 is 1.21 bits per heavy atom. The summed E-state index contributed by atoms with van der Waals surface area (Å²) in [6, 6.07) is 8.95. The third kappa shape index (κ3) is 3.83. The summed E-state index contributed by atoms with van der Waals surface area (Å²) in [7, 11) is 1.56. The fraction of sp³-hybridized carbons (Fsp3) is 0.381. The highest BCUT2D eigenvalue weighted by molar-refractivity contribution is 6.02. The monoisotopic (exact) mass is 396 g/mol. The maximum Gasteiger partial charge on any atom is 0.270 e. The topological polar surface area (TPSA) is 94.7 Å². The number of nitrogens with zero attached hydrogens (tertiary/aromatic N) is 2. The maximum absolute atomic E-state index is 12.9. The Morgan fingerprint density at radius 2 is 1.97 bits per heavy atom. The molecule has 0 saturated carbocycles. The van der Waals surface area contributed by atoms with Crippen LogP contribution in [0.5, 0.6) is 5.75 Å². The van der Waals surface area contributed by atoms with E-state index in [4.69, 9.17) is 4.74 Å². The predicted molar refractivity (Wildman–Crippen MR) is 107 cm³/mol. The van der Waals surface area contributed by atoms with E-state index in [2.05, 4.69) is 10.3 Å². The number of hydrogen-bond acceptors (Lipinski definition) is 5. The number of para-hydroxylation sites is 2. The standard InChI is InChI=1S/C21H24N4O4/c1-22-20(27)19-13-25(16-6-2-3-7-18(16)29-19)12-17(26)14-10-15(23-11-14)21(28)24-8-4-5-9-24/h2-3,6-7,10-11,19,23H,4-5,8-9,12-13H2,1H3,(H,22,27)/t19-/m1/s1. The van der Waals surface area contributed by atoms with Crippen LogP contribution in [0.3, 0.4) is 0 Å². The number of amides is 2. The Balaban J connectivity index is 1.50. The first-order valence-electron chi connectivity index (χ1n) is 9.80. The van der Waals surface area contributed by atoms with Crippen LogP contribution >= 0.6 is 0 Å². The minimum atomic E-state index is -0.693. The van der Waals surface area contributed by atoms with Crippen molar-refractivity contribution in [1.29, 1.82) is 0 Å². The van der Waals surface area contributed by atoms with Gasteiger partial charge in [-0.1, -0.05) is 12.1 Å². The van der Waals surface area contributed by atoms with Crippen molar-refractivity contribution in [2.45, 2.75) is 18.9 Å². The lowest BCUT2D eigenvalue weighted by molar-refractivity contribution is -0.127. The third-order valence-electron chi connectivity index (χ3n) is 5.36. The van der Waals surface area contributed by atoms with Crippen LogP contribution in [-0.4, -0.2) is 66.8 Å². The molecule has 1 atom stereocenters. The lowest BCUT2D eigenvalue weighted by Gasteiger charge is -2.34. The quantitative estimate of drug-likeness (QED) is 0.746. The van der Waals surface area contributed by atoms with Crippen molar-refractivity contribution in [1.82, 2.24) is 15.2 Å². The second kappa shape index (κ2) is 7.98. The van der Waals surface area contributed by atoms with Gasteiger partial charge in [-0.3, -0.25) is 14.4 Å². The van der Waals surface area contributed by atoms with Crippen LogP contribution in [0.25, 0.3) is 0 Å². The number of anilines is 1. The first-order valence-corrected chi connectivity index (χ1v) is 9.80. The number of fused-ring (bicyclic) bond motifs is 1. The summed E-state index contributed by atoms with van der Waals surface area (Å²) in [5, 5.41) is 2.59. The normalized spacial score (nSPS) is 18.2. The van der Waals surface area contributed by atoms with E-state index < -0.39 is 6.10 Å². The molecule has 1 aromatic heterocycles. The van der Waals surface area contributed by atoms with Crippen molar-refractivity contribution in [3.8, 4) is 5.75 Å². The largest absolute Gasteiger partial charge is 0.477 e. The SMILES string of the molecule is CNC(=O)[C@H]1CN(CC(=O)c2c[nH]c(C(=O)N3CCCC3)c2)c2ccccc2O1. The van der Waals surface area contributed by atoms with Crippen LogP contribution in [-0.2, 0) is 4.79 Å². The fourth-order valence-electron chi connectivity index (χ4n) is 3.79. The molecule has 2 aromatic rings. The molecule has 2 aliphatic rings. The van der Waals surface area contributed by atoms with Gasteiger partial charge < -0.3 is 24.8 Å². The second-order valence-electron chi connectivity index (χ2n) is 7.29. The molecule has 2 N–H and O–H groups in total. The molecule has 0 unspecified atom stereocenters. The molecule has 0 bridgehead atoms. The number of H-pyrrole nitrogens is 1. The van der Waals surface area contributed by atoms with E-state index in [0.29, 0.717) is 17.0 Å². The van der Waals surface area contributed by atoms with Gasteiger partial charge in [0.05, 0.1) is 18.8 Å². The molecule has 4 rings (SSSR count). The van der Waals surface area contributed by atoms with Crippen molar-refractivity contribution in [2.75, 3.05) is 38.1 Å². The number of likely N-dealkylation sites (tertiary alicyclic amines) is 1. The molecule has 29 heavy (non-hydrogen) atoms. The number of ether oxygens (including phenoxy) is 1. The first-order chi connectivity index (χ1) is 14.1. The number of nitrogens with one attached hydrogen (secondary N) is 2. The van der Waals surface area contributed by atoms with Crippen LogP contribution in [0.15, 0.2) is 36.5 Å². The second-order valence-corrected chi connectivity index (χ2v) is 7.29. The van der Waals surface area contributed by atoms with Crippen LogP contribution in [0, 0.1) is 0 Å². The number of carbonyl (C=O) groups is 3. The van der Waals surface area contributed by atoms with E-state index in [-0.39, 0.29) is 30.7 Å². The molecule has 1 fully saturated rings. The molecule has 152 valence electrons. The number of carbonyl (C=O) groups excluding carboxylic acids is 3. The van der Waals surface area contributed by atoms with E-state index in [9.17, 15) is 14.4 Å². The highest BCUT2D eigenvalue weighted by Crippen LogP contribution is 2.33. The number of hydrogen-bond donors (Lipinski definition) is 2. The van der Waals surface area contributed by atoms with Crippen LogP contribution in [0.2, 0.25) is 0 Å². The van der Waals surface area contributed by atoms with Crippen LogP contribution < -0.4 is 15.0 Å². The minimum absolute atomic E-state index is 0.0713. The molecule has 8 heteroatoms. The summed E-state index contributed by atoms with van der Waals surface area (Å²) in [4.78, 5) is 44.1. The zero-order chi connectivity index (χ0) is 20.4. The smallest absolute Gasteiger partial charge is 0.270 e. The lowest BCUT2D eigenvalue weighted by atomic mass is 10.1. The lowest BCUT2D eigenvalue weighted by Crippen LogP contribution is -2.49. The Kier molecular flexibility index (Phi) is 5.24. The summed E-state index contributed by atoms with van der Waals surface area (Å²) >= 11 is 0. The Bertz CT molecular complexity index is 932. The number of aromatic nitrogens is 1. The van der Waals surface area contributed by atoms with Gasteiger partial charge >= 0.3 is 0 Å². The molecule has 3 heterocycles. The van der Waals surface area contributed by atoms with Gasteiger partial charge in [-0.05, 0) is 31.0 Å². The zero-order valence-electron chi connectivity index (χ0n) is 16.3. The Labute approximate surface area is 168 Å². The number of aromatic amines is 1. The van der Waals surface area contributed by atoms with E-state index in [0.717, 1.165) is 31.6 Å². The van der Waals surface area contributed by atoms with Crippen LogP contribution in [0.1, 0.15) is 33.7 Å². The number of benzene rings is 1. The molecular formula is C21H24N4O4. The van der Waals surface area contributed by atoms with Gasteiger partial charge in [0, 0.05) is 31.9 Å². The van der Waals surface area contributed by atoms with E-state index >= 15 is 0 Å². The van der Waals surface area contributed by atoms with Crippen molar-refractivity contribution < 1.29 is 19.1 Å². The fourth-order valence-corrected chi connectivity index (χ4v) is 3.79. The third-order valence-corrected chi connectivity index (χ3v) is 5.36. The van der Waals surface area contributed by atoms with Crippen molar-refractivity contribution in [3.05, 3.63) is 47.8 Å². The van der Waals surface area contributed by atoms with Gasteiger partial charge in [-0.15, -0.1) is 0 Å². The summed E-state index contributed by atoms with van der Waals surface area (Å²) in [5.74, 6) is 0.128. The molecule has 2 amide bonds. The first kappa shape index (κ1) is 19.0. The predicted octanol–water partition coefficient (Wildman–Crippen LogP) is 1.45. The average molecular weight is 396 g/mol. The number of Topliss-reactive ketones (excluding diaryl/α,β-unsaturated/α-hetero) is 1. The molecule has 0 aliphatic carbocycles. The van der Waals surface area contributed by atoms with E-state index in [1.165, 1.54) is 0 Å². The van der Waals surface area contributed by atoms with Gasteiger partial charge in [-0.2, -0.15) is 0 Å². The number of likely N-dealkylation sites (N-methyl/N-ethyl adjacent to an activating group) is 1. The molecule has 1 saturated heterocycles. The van der Waals surface area contributed by atoms with Gasteiger partial charge in [0.15, 0.2) is 11.9 Å². The Morgan fingerprint density at radius 3 is 2.72 bits per heavy atom. The number of rotatable bonds is 5. The average Bonchev–Trinajstić information content (AvgIpc) is 3.45. The molecule has 2 aliphatic heterocycles. The Hall–Kier alpha value is -3.29. The van der Waals surface area contributed by atoms with E-state index in [1.807, 2.05) is 23.1 Å². The maximum atomic E-state index is 12.9. The van der Waals surface area contributed by atoms with Gasteiger partial charge in [0.1, 0.15) is 11.4 Å². The van der Waals surface area contributed by atoms with Crippen molar-refractivity contribution in [2.24, 2.45) is 0 Å². The zero-order valence-corrected chi connectivity index (χ0v) is 16.3. The molecule has 1 aromatic carbocycles. The highest BCUT2D eigenvalue weighted by Gasteiger charge is 2.31. The van der Waals surface area contributed by atoms with E-state index in [1.54, 1.807) is 30.3 Å². The highest BCUT2D eigenvalue weighted by atomic mass is 16.5. The van der Waals surface area contributed by atoms with Crippen molar-refractivity contribution in [3.63, 3.8) is 0 Å². The number of ketones is 1. The van der Waals surface area contributed by atoms with Gasteiger partial charge in [-0.25, -0.2) is 0 Å². The molecule has 0 radical (unpaired) electrons. The summed E-state index contributed by atoms with van der Waals surface area (Å²) in [6.45, 7) is 1.87. The summed E-state index contributed by atoms with van der Waals surface area (Å²) in [6.07, 6.45) is 2.91. The van der Waals surface area contributed by atoms with Crippen LogP contribution in [0.4, 0.5) is 5.69 Å². The molecule has 0 spiro atoms.